The van der Waals surface area contributed by atoms with Gasteiger partial charge in [-0.2, -0.15) is 0 Å². The van der Waals surface area contributed by atoms with Crippen molar-refractivity contribution in [2.24, 2.45) is 0 Å². The Morgan fingerprint density at radius 3 is 2.71 bits per heavy atom. The number of ether oxygens (including phenoxy) is 1. The predicted octanol–water partition coefficient (Wildman–Crippen LogP) is 0.197. The molecule has 0 spiro atoms. The van der Waals surface area contributed by atoms with E-state index in [0.717, 1.165) is 23.1 Å². The average Bonchev–Trinajstić information content (AvgIpc) is 2.70. The van der Waals surface area contributed by atoms with E-state index in [2.05, 4.69) is 5.32 Å². The van der Waals surface area contributed by atoms with Crippen LogP contribution in [0.2, 0.25) is 0 Å². The van der Waals surface area contributed by atoms with Gasteiger partial charge in [0.25, 0.3) is 11.8 Å². The lowest BCUT2D eigenvalue weighted by atomic mass is 10.2. The zero-order valence-corrected chi connectivity index (χ0v) is 11.1. The van der Waals surface area contributed by atoms with Crippen molar-refractivity contribution < 1.29 is 28.9 Å². The Hall–Kier alpha value is -2.61. The number of aromatic hydroxyl groups is 1. The van der Waals surface area contributed by atoms with Crippen LogP contribution in [0.5, 0.6) is 11.5 Å². The molecule has 0 atom stereocenters. The second kappa shape index (κ2) is 5.80. The van der Waals surface area contributed by atoms with Crippen LogP contribution in [0.25, 0.3) is 0 Å². The Kier molecular flexibility index (Phi) is 4.08. The summed E-state index contributed by atoms with van der Waals surface area (Å²) >= 11 is 0. The number of methoxy groups -OCH3 is 1. The molecule has 2 rings (SSSR count). The van der Waals surface area contributed by atoms with Crippen molar-refractivity contribution in [3.63, 3.8) is 0 Å². The highest BCUT2D eigenvalue weighted by molar-refractivity contribution is 6.17. The number of amides is 2. The summed E-state index contributed by atoms with van der Waals surface area (Å²) in [6, 6.07) is 1.99. The molecule has 0 aliphatic carbocycles. The first-order valence-electron chi connectivity index (χ1n) is 5.99. The van der Waals surface area contributed by atoms with Crippen LogP contribution in [-0.2, 0) is 9.59 Å². The van der Waals surface area contributed by atoms with E-state index in [-0.39, 0.29) is 30.3 Å². The van der Waals surface area contributed by atoms with Gasteiger partial charge in [0.05, 0.1) is 25.9 Å². The number of nitrogens with one attached hydrogen (secondary N) is 1. The molecule has 0 fully saturated rings. The lowest BCUT2D eigenvalue weighted by Crippen LogP contribution is -2.34. The molecule has 1 aliphatic heterocycles. The minimum Gasteiger partial charge on any atom is -0.505 e. The lowest BCUT2D eigenvalue weighted by molar-refractivity contribution is -0.137. The van der Waals surface area contributed by atoms with Gasteiger partial charge in [0.1, 0.15) is 11.4 Å². The number of β-amino-alcohol motifs (C(OH)–C–C–N with tert-alkyl or cyclic N) is 1. The summed E-state index contributed by atoms with van der Waals surface area (Å²) in [5, 5.41) is 20.8. The largest absolute Gasteiger partial charge is 0.505 e. The molecule has 1 heterocycles. The summed E-state index contributed by atoms with van der Waals surface area (Å²) in [7, 11) is 1.30. The van der Waals surface area contributed by atoms with Crippen molar-refractivity contribution in [2.45, 2.75) is 0 Å². The topological polar surface area (TPSA) is 99.1 Å². The van der Waals surface area contributed by atoms with Crippen LogP contribution in [0.1, 0.15) is 0 Å². The number of rotatable bonds is 5. The number of anilines is 1. The number of phenolic OH excluding ortho intramolecular Hbond substituents is 1. The predicted molar refractivity (Wildman–Crippen MR) is 70.1 cm³/mol. The molecule has 1 aromatic rings. The Morgan fingerprint density at radius 1 is 1.38 bits per heavy atom. The molecule has 0 saturated carbocycles. The normalized spacial score (nSPS) is 14.4. The molecule has 0 aromatic heterocycles. The summed E-state index contributed by atoms with van der Waals surface area (Å²) in [6.45, 7) is -0.468. The number of aliphatic hydroxyl groups excluding tert-OH is 1. The first-order valence-corrected chi connectivity index (χ1v) is 5.99. The second-order valence-corrected chi connectivity index (χ2v) is 4.21. The molecule has 0 unspecified atom stereocenters. The van der Waals surface area contributed by atoms with Gasteiger partial charge in [0.2, 0.25) is 0 Å². The summed E-state index contributed by atoms with van der Waals surface area (Å²) in [5.74, 6) is -2.63. The molecule has 1 aliphatic rings. The summed E-state index contributed by atoms with van der Waals surface area (Å²) in [5.41, 5.74) is 0.0763. The number of halogens is 1. The molecule has 2 amide bonds. The maximum Gasteiger partial charge on any atom is 0.277 e. The van der Waals surface area contributed by atoms with Crippen molar-refractivity contribution >= 4 is 17.5 Å². The fourth-order valence-corrected chi connectivity index (χ4v) is 1.87. The smallest absolute Gasteiger partial charge is 0.277 e. The van der Waals surface area contributed by atoms with Crippen LogP contribution < -0.4 is 10.1 Å². The highest BCUT2D eigenvalue weighted by Gasteiger charge is 2.31. The van der Waals surface area contributed by atoms with Gasteiger partial charge in [-0.3, -0.25) is 14.5 Å². The Morgan fingerprint density at radius 2 is 2.10 bits per heavy atom. The first-order chi connectivity index (χ1) is 9.97. The summed E-state index contributed by atoms with van der Waals surface area (Å²) in [4.78, 5) is 24.4. The van der Waals surface area contributed by atoms with E-state index in [1.807, 2.05) is 0 Å². The van der Waals surface area contributed by atoms with E-state index in [0.29, 0.717) is 0 Å². The maximum atomic E-state index is 13.2. The number of aliphatic hydroxyl groups is 1. The number of imide groups is 1. The van der Waals surface area contributed by atoms with Gasteiger partial charge in [-0.25, -0.2) is 4.39 Å². The molecule has 3 N–H and O–H groups in total. The van der Waals surface area contributed by atoms with E-state index in [4.69, 9.17) is 9.84 Å². The van der Waals surface area contributed by atoms with Gasteiger partial charge in [0, 0.05) is 18.2 Å². The fourth-order valence-electron chi connectivity index (χ4n) is 1.87. The molecule has 0 saturated heterocycles. The van der Waals surface area contributed by atoms with Crippen LogP contribution in [0.15, 0.2) is 23.9 Å². The highest BCUT2D eigenvalue weighted by atomic mass is 19.1. The van der Waals surface area contributed by atoms with Gasteiger partial charge in [-0.05, 0) is 0 Å². The molecule has 21 heavy (non-hydrogen) atoms. The van der Waals surface area contributed by atoms with E-state index >= 15 is 0 Å². The van der Waals surface area contributed by atoms with Crippen LogP contribution in [0.4, 0.5) is 10.1 Å². The molecule has 0 radical (unpaired) electrons. The number of benzene rings is 1. The maximum absolute atomic E-state index is 13.2. The number of hydrogen-bond donors (Lipinski definition) is 3. The number of phenols is 1. The Balaban J connectivity index is 2.27. The van der Waals surface area contributed by atoms with Gasteiger partial charge < -0.3 is 20.3 Å². The minimum absolute atomic E-state index is 0.0576. The van der Waals surface area contributed by atoms with Gasteiger partial charge in [0.15, 0.2) is 11.6 Å². The zero-order valence-electron chi connectivity index (χ0n) is 11.1. The molecular weight excluding hydrogens is 283 g/mol. The van der Waals surface area contributed by atoms with Crippen molar-refractivity contribution in [3.8, 4) is 11.5 Å². The molecule has 0 bridgehead atoms. The van der Waals surface area contributed by atoms with Gasteiger partial charge >= 0.3 is 0 Å². The van der Waals surface area contributed by atoms with Gasteiger partial charge in [-0.15, -0.1) is 0 Å². The fraction of sp³-hybridized carbons (Fsp3) is 0.231. The minimum atomic E-state index is -0.873. The van der Waals surface area contributed by atoms with E-state index in [1.54, 1.807) is 0 Å². The van der Waals surface area contributed by atoms with Crippen LogP contribution in [-0.4, -0.2) is 47.2 Å². The quantitative estimate of drug-likeness (QED) is 0.671. The third-order valence-corrected chi connectivity index (χ3v) is 2.87. The third-order valence-electron chi connectivity index (χ3n) is 2.87. The number of carbonyl (C=O) groups excluding carboxylic acids is 2. The van der Waals surface area contributed by atoms with Gasteiger partial charge in [-0.1, -0.05) is 0 Å². The molecule has 1 aromatic carbocycles. The third kappa shape index (κ3) is 2.79. The monoisotopic (exact) mass is 296 g/mol. The molecular formula is C13H13FN2O5. The van der Waals surface area contributed by atoms with E-state index in [9.17, 15) is 19.1 Å². The number of hydrogen-bond acceptors (Lipinski definition) is 6. The first kappa shape index (κ1) is 14.8. The molecule has 8 heteroatoms. The lowest BCUT2D eigenvalue weighted by Gasteiger charge is -2.15. The standard InChI is InChI=1S/C13H13FN2O5/c1-21-11-4-7(14)10(18)5-8(11)15-9-6-12(19)16(2-3-17)13(9)20/h4-6,15,17-18H,2-3H2,1H3. The second-order valence-electron chi connectivity index (χ2n) is 4.21. The zero-order chi connectivity index (χ0) is 15.6. The number of nitrogens with zero attached hydrogens (tertiary/aromatic N) is 1. The summed E-state index contributed by atoms with van der Waals surface area (Å²) < 4.78 is 18.2. The van der Waals surface area contributed by atoms with Crippen molar-refractivity contribution in [3.05, 3.63) is 29.7 Å². The molecule has 112 valence electrons. The summed E-state index contributed by atoms with van der Waals surface area (Å²) in [6.07, 6.45) is 1.05. The van der Waals surface area contributed by atoms with Crippen LogP contribution in [0.3, 0.4) is 0 Å². The Labute approximate surface area is 119 Å². The van der Waals surface area contributed by atoms with Crippen molar-refractivity contribution in [2.75, 3.05) is 25.6 Å². The van der Waals surface area contributed by atoms with Crippen molar-refractivity contribution in [1.29, 1.82) is 0 Å². The van der Waals surface area contributed by atoms with Crippen LogP contribution in [0, 0.1) is 5.82 Å². The van der Waals surface area contributed by atoms with E-state index in [1.165, 1.54) is 7.11 Å². The average molecular weight is 296 g/mol. The number of carbonyl (C=O) groups is 2. The van der Waals surface area contributed by atoms with E-state index < -0.39 is 23.4 Å². The SMILES string of the molecule is COc1cc(F)c(O)cc1NC1=CC(=O)N(CCO)C1=O. The van der Waals surface area contributed by atoms with Crippen LogP contribution >= 0.6 is 0 Å². The van der Waals surface area contributed by atoms with Crippen molar-refractivity contribution in [1.82, 2.24) is 4.90 Å². The Bertz CT molecular complexity index is 629. The highest BCUT2D eigenvalue weighted by Crippen LogP contribution is 2.32. The molecule has 7 nitrogen and oxygen atoms in total.